The molecule has 11 heteroatoms. The molecule has 0 saturated carbocycles. The summed E-state index contributed by atoms with van der Waals surface area (Å²) in [6.45, 7) is 1.83. The number of aromatic carboxylic acids is 1. The average Bonchev–Trinajstić information content (AvgIpc) is 3.00. The number of pyridine rings is 3. The molecule has 3 aromatic heterocycles. The SMILES string of the molecule is O=C(O)c1cccc(CC(SCCCC(=O)c2ccc(CN(Cc3ccccn3)Cc3ccccn3)nc2)B(O)O)c1. The lowest BCUT2D eigenvalue weighted by atomic mass is 9.81. The molecule has 3 heterocycles. The summed E-state index contributed by atoms with van der Waals surface area (Å²) in [6, 6.07) is 21.8. The van der Waals surface area contributed by atoms with E-state index in [0.29, 0.717) is 55.8 Å². The van der Waals surface area contributed by atoms with Crippen LogP contribution in [0.1, 0.15) is 56.2 Å². The lowest BCUT2D eigenvalue weighted by molar-refractivity contribution is 0.0696. The van der Waals surface area contributed by atoms with Crippen molar-refractivity contribution < 1.29 is 24.7 Å². The van der Waals surface area contributed by atoms with E-state index in [2.05, 4.69) is 19.9 Å². The zero-order chi connectivity index (χ0) is 29.7. The summed E-state index contributed by atoms with van der Waals surface area (Å²) < 4.78 is 0. The highest BCUT2D eigenvalue weighted by molar-refractivity contribution is 8.01. The third-order valence-corrected chi connectivity index (χ3v) is 7.94. The number of carboxylic acid groups (broad SMARTS) is 1. The van der Waals surface area contributed by atoms with E-state index in [9.17, 15) is 24.7 Å². The fourth-order valence-electron chi connectivity index (χ4n) is 4.45. The Hall–Kier alpha value is -3.90. The quantitative estimate of drug-likeness (QED) is 0.100. The highest BCUT2D eigenvalue weighted by atomic mass is 32.2. The summed E-state index contributed by atoms with van der Waals surface area (Å²) in [5, 5.41) is 28.3. The second-order valence-corrected chi connectivity index (χ2v) is 11.2. The van der Waals surface area contributed by atoms with Crippen LogP contribution in [0.3, 0.4) is 0 Å². The van der Waals surface area contributed by atoms with Crippen molar-refractivity contribution in [2.45, 2.75) is 44.0 Å². The molecule has 4 aromatic rings. The maximum Gasteiger partial charge on any atom is 0.465 e. The van der Waals surface area contributed by atoms with Crippen LogP contribution in [-0.2, 0) is 26.1 Å². The number of rotatable bonds is 16. The van der Waals surface area contributed by atoms with Crippen molar-refractivity contribution in [3.63, 3.8) is 0 Å². The number of benzene rings is 1. The number of carbonyl (C=O) groups excluding carboxylic acids is 1. The number of Topliss-reactive ketones (excluding diaryl/α,β-unsaturated/α-hetero) is 1. The first-order valence-corrected chi connectivity index (χ1v) is 14.7. The van der Waals surface area contributed by atoms with Gasteiger partial charge in [-0.3, -0.25) is 24.6 Å². The molecule has 0 bridgehead atoms. The van der Waals surface area contributed by atoms with Crippen LogP contribution in [0.15, 0.2) is 91.4 Å². The predicted octanol–water partition coefficient (Wildman–Crippen LogP) is 4.09. The Bertz CT molecular complexity index is 1390. The molecule has 42 heavy (non-hydrogen) atoms. The van der Waals surface area contributed by atoms with Gasteiger partial charge in [-0.1, -0.05) is 24.3 Å². The molecule has 4 rings (SSSR count). The first-order chi connectivity index (χ1) is 20.4. The van der Waals surface area contributed by atoms with E-state index < -0.39 is 18.2 Å². The molecule has 0 saturated heterocycles. The van der Waals surface area contributed by atoms with Crippen LogP contribution in [0.4, 0.5) is 0 Å². The standard InChI is InChI=1S/C31H33BN4O5S/c37-29(11-6-16-42-30(32(40)41)18-23-7-5-8-24(17-23)31(38)39)25-12-13-28(35-19-25)22-36(20-26-9-1-3-14-33-26)21-27-10-2-4-15-34-27/h1-5,7-10,12-15,17,19,30,40-41H,6,11,16,18,20-22H2,(H,38,39). The smallest absolute Gasteiger partial charge is 0.465 e. The molecule has 0 spiro atoms. The lowest BCUT2D eigenvalue weighted by Gasteiger charge is -2.21. The number of carbonyl (C=O) groups is 2. The molecule has 0 aliphatic carbocycles. The Balaban J connectivity index is 1.28. The van der Waals surface area contributed by atoms with E-state index in [4.69, 9.17) is 0 Å². The summed E-state index contributed by atoms with van der Waals surface area (Å²) in [4.78, 5) is 39.7. The second-order valence-electron chi connectivity index (χ2n) is 9.88. The van der Waals surface area contributed by atoms with Gasteiger partial charge in [0, 0.05) is 55.4 Å². The molecular formula is C31H33BN4O5S. The van der Waals surface area contributed by atoms with Crippen LogP contribution in [-0.4, -0.2) is 64.8 Å². The number of ketones is 1. The molecular weight excluding hydrogens is 551 g/mol. The second kappa shape index (κ2) is 15.9. The Morgan fingerprint density at radius 1 is 0.810 bits per heavy atom. The van der Waals surface area contributed by atoms with E-state index >= 15 is 0 Å². The molecule has 216 valence electrons. The van der Waals surface area contributed by atoms with Crippen LogP contribution >= 0.6 is 11.8 Å². The Kier molecular flexibility index (Phi) is 11.8. The van der Waals surface area contributed by atoms with Gasteiger partial charge in [0.2, 0.25) is 0 Å². The van der Waals surface area contributed by atoms with Gasteiger partial charge < -0.3 is 15.2 Å². The average molecular weight is 585 g/mol. The first kappa shape index (κ1) is 31.0. The van der Waals surface area contributed by atoms with Gasteiger partial charge in [0.25, 0.3) is 0 Å². The van der Waals surface area contributed by atoms with E-state index in [1.54, 1.807) is 36.8 Å². The number of aromatic nitrogens is 3. The third kappa shape index (κ3) is 9.88. The van der Waals surface area contributed by atoms with Crippen molar-refractivity contribution in [3.05, 3.63) is 125 Å². The van der Waals surface area contributed by atoms with Crippen molar-refractivity contribution >= 4 is 30.6 Å². The molecule has 0 amide bonds. The maximum absolute atomic E-state index is 12.8. The van der Waals surface area contributed by atoms with Gasteiger partial charge in [0.1, 0.15) is 0 Å². The lowest BCUT2D eigenvalue weighted by Crippen LogP contribution is -2.30. The number of hydrogen-bond donors (Lipinski definition) is 3. The van der Waals surface area contributed by atoms with E-state index in [1.807, 2.05) is 42.5 Å². The number of carboxylic acids is 1. The van der Waals surface area contributed by atoms with Crippen molar-refractivity contribution in [1.82, 2.24) is 19.9 Å². The highest BCUT2D eigenvalue weighted by Gasteiger charge is 2.24. The third-order valence-electron chi connectivity index (χ3n) is 6.58. The fourth-order valence-corrected chi connectivity index (χ4v) is 5.54. The van der Waals surface area contributed by atoms with E-state index in [0.717, 1.165) is 17.1 Å². The molecule has 1 atom stereocenters. The summed E-state index contributed by atoms with van der Waals surface area (Å²) in [5.41, 5.74) is 4.13. The first-order valence-electron chi connectivity index (χ1n) is 13.7. The predicted molar refractivity (Wildman–Crippen MR) is 163 cm³/mol. The minimum Gasteiger partial charge on any atom is -0.478 e. The van der Waals surface area contributed by atoms with Crippen molar-refractivity contribution in [3.8, 4) is 0 Å². The zero-order valence-electron chi connectivity index (χ0n) is 23.1. The molecule has 0 aliphatic rings. The number of thioether (sulfide) groups is 1. The molecule has 1 aromatic carbocycles. The molecule has 0 fully saturated rings. The Labute approximate surface area is 249 Å². The topological polar surface area (TPSA) is 137 Å². The minimum atomic E-state index is -1.56. The summed E-state index contributed by atoms with van der Waals surface area (Å²) >= 11 is 1.36. The Morgan fingerprint density at radius 2 is 1.48 bits per heavy atom. The molecule has 0 radical (unpaired) electrons. The van der Waals surface area contributed by atoms with Crippen LogP contribution in [0.2, 0.25) is 0 Å². The summed E-state index contributed by atoms with van der Waals surface area (Å²) in [5.74, 6) is -0.504. The molecule has 9 nitrogen and oxygen atoms in total. The van der Waals surface area contributed by atoms with E-state index in [-0.39, 0.29) is 11.3 Å². The number of nitrogens with zero attached hydrogens (tertiary/aromatic N) is 4. The van der Waals surface area contributed by atoms with Gasteiger partial charge in [-0.15, -0.1) is 0 Å². The van der Waals surface area contributed by atoms with Gasteiger partial charge in [-0.05, 0) is 72.7 Å². The molecule has 3 N–H and O–H groups in total. The normalized spacial score (nSPS) is 11.8. The Morgan fingerprint density at radius 3 is 2.02 bits per heavy atom. The van der Waals surface area contributed by atoms with Crippen molar-refractivity contribution in [2.75, 3.05) is 5.75 Å². The molecule has 0 aliphatic heterocycles. The van der Waals surface area contributed by atoms with Crippen LogP contribution in [0.25, 0.3) is 0 Å². The largest absolute Gasteiger partial charge is 0.478 e. The highest BCUT2D eigenvalue weighted by Crippen LogP contribution is 2.21. The van der Waals surface area contributed by atoms with Crippen LogP contribution in [0.5, 0.6) is 0 Å². The molecule has 1 unspecified atom stereocenters. The van der Waals surface area contributed by atoms with Gasteiger partial charge in [-0.2, -0.15) is 11.8 Å². The van der Waals surface area contributed by atoms with Crippen LogP contribution < -0.4 is 0 Å². The van der Waals surface area contributed by atoms with Crippen molar-refractivity contribution in [2.24, 2.45) is 0 Å². The van der Waals surface area contributed by atoms with E-state index in [1.165, 1.54) is 23.9 Å². The van der Waals surface area contributed by atoms with Crippen molar-refractivity contribution in [1.29, 1.82) is 0 Å². The number of hydrogen-bond acceptors (Lipinski definition) is 9. The summed E-state index contributed by atoms with van der Waals surface area (Å²) in [7, 11) is -1.56. The summed E-state index contributed by atoms with van der Waals surface area (Å²) in [6.07, 6.45) is 6.34. The van der Waals surface area contributed by atoms with Gasteiger partial charge >= 0.3 is 13.1 Å². The fraction of sp³-hybridized carbons (Fsp3) is 0.258. The zero-order valence-corrected chi connectivity index (χ0v) is 23.9. The monoisotopic (exact) mass is 584 g/mol. The van der Waals surface area contributed by atoms with Gasteiger partial charge in [-0.25, -0.2) is 4.79 Å². The van der Waals surface area contributed by atoms with Gasteiger partial charge in [0.15, 0.2) is 5.78 Å². The maximum atomic E-state index is 12.8. The van der Waals surface area contributed by atoms with Gasteiger partial charge in [0.05, 0.1) is 22.6 Å². The van der Waals surface area contributed by atoms with Crippen LogP contribution in [0, 0.1) is 0 Å². The minimum absolute atomic E-state index is 0.0243.